The van der Waals surface area contributed by atoms with Crippen LogP contribution in [0.15, 0.2) is 0 Å². The van der Waals surface area contributed by atoms with Gasteiger partial charge in [0.2, 0.25) is 0 Å². The van der Waals surface area contributed by atoms with E-state index in [-0.39, 0.29) is 24.4 Å². The first-order valence-corrected chi connectivity index (χ1v) is 4.63. The van der Waals surface area contributed by atoms with E-state index >= 15 is 0 Å². The molecule has 2 heterocycles. The van der Waals surface area contributed by atoms with Crippen LogP contribution in [0.2, 0.25) is 0 Å². The zero-order valence-corrected chi connectivity index (χ0v) is 9.02. The van der Waals surface area contributed by atoms with Gasteiger partial charge >= 0.3 is 29.2 Å². The van der Waals surface area contributed by atoms with Crippen LogP contribution in [0.5, 0.6) is 0 Å². The Morgan fingerprint density at radius 2 is 1.62 bits per heavy atom. The van der Waals surface area contributed by atoms with Crippen molar-refractivity contribution in [3.8, 4) is 0 Å². The molecule has 0 saturated carbocycles. The molecule has 0 spiro atoms. The van der Waals surface area contributed by atoms with Crippen LogP contribution in [0.1, 0.15) is 26.7 Å². The Labute approximate surface area is 92.6 Å². The number of carbonyl (C=O) groups excluding carboxylic acids is 3. The fourth-order valence-electron chi connectivity index (χ4n) is 1.04. The number of hydrogen-bond donors (Lipinski definition) is 0. The summed E-state index contributed by atoms with van der Waals surface area (Å²) in [5.41, 5.74) is 0. The summed E-state index contributed by atoms with van der Waals surface area (Å²) >= 11 is 0. The summed E-state index contributed by atoms with van der Waals surface area (Å²) < 4.78 is 16.2. The van der Waals surface area contributed by atoms with Gasteiger partial charge in [-0.05, 0) is 6.92 Å². The molecule has 6 heteroatoms. The van der Waals surface area contributed by atoms with Crippen molar-refractivity contribution in [2.24, 2.45) is 5.92 Å². The van der Waals surface area contributed by atoms with Gasteiger partial charge in [-0.2, -0.15) is 0 Å². The van der Waals surface area contributed by atoms with Gasteiger partial charge in [-0.1, -0.05) is 6.92 Å². The molecular weight excluding hydrogens is 216 g/mol. The van der Waals surface area contributed by atoms with Gasteiger partial charge < -0.3 is 9.47 Å². The van der Waals surface area contributed by atoms with Crippen molar-refractivity contribution in [2.45, 2.75) is 32.8 Å². The molecule has 0 bridgehead atoms. The van der Waals surface area contributed by atoms with E-state index in [2.05, 4.69) is 16.1 Å². The minimum absolute atomic E-state index is 0.0671. The van der Waals surface area contributed by atoms with Crippen LogP contribution in [0, 0.1) is 12.6 Å². The number of hydrogen-bond acceptors (Lipinski definition) is 5. The second kappa shape index (κ2) is 6.76. The van der Waals surface area contributed by atoms with E-state index < -0.39 is 11.9 Å². The Bertz CT molecular complexity index is 298. The molecule has 2 saturated heterocycles. The number of ether oxygens (including phenoxy) is 2. The standard InChI is InChI=1S/C5H6O3.C4H6O2.CO/c1-3-2-4(6)8-5(3)7;1-3-2-4(5)6-3;1-2/h3H,2H2,1H3;3H,2H2,1H3;. The Hall–Kier alpha value is -1.65. The van der Waals surface area contributed by atoms with Gasteiger partial charge in [-0.25, -0.2) is 0 Å². The summed E-state index contributed by atoms with van der Waals surface area (Å²) in [7, 11) is 0. The monoisotopic (exact) mass is 228 g/mol. The molecule has 2 atom stereocenters. The molecule has 0 aromatic heterocycles. The maximum atomic E-state index is 10.3. The zero-order valence-electron chi connectivity index (χ0n) is 9.02. The molecule has 0 aromatic carbocycles. The van der Waals surface area contributed by atoms with Crippen molar-refractivity contribution < 1.29 is 28.5 Å². The Balaban J connectivity index is 0.000000251. The fourth-order valence-corrected chi connectivity index (χ4v) is 1.04. The van der Waals surface area contributed by atoms with E-state index in [9.17, 15) is 14.4 Å². The fraction of sp³-hybridized carbons (Fsp3) is 0.600. The van der Waals surface area contributed by atoms with Crippen LogP contribution < -0.4 is 0 Å². The maximum absolute atomic E-state index is 10.3. The minimum atomic E-state index is -0.400. The summed E-state index contributed by atoms with van der Waals surface area (Å²) in [6.07, 6.45) is 1.05. The molecule has 6 nitrogen and oxygen atoms in total. The van der Waals surface area contributed by atoms with Gasteiger partial charge in [-0.3, -0.25) is 14.4 Å². The van der Waals surface area contributed by atoms with E-state index in [4.69, 9.17) is 4.65 Å². The molecule has 2 aliphatic heterocycles. The normalized spacial score (nSPS) is 26.1. The summed E-state index contributed by atoms with van der Waals surface area (Å²) in [5, 5.41) is 0. The average Bonchev–Trinajstić information content (AvgIpc) is 2.47. The first-order chi connectivity index (χ1) is 7.49. The average molecular weight is 228 g/mol. The summed E-state index contributed by atoms with van der Waals surface area (Å²) in [6.45, 7) is 8.05. The van der Waals surface area contributed by atoms with Gasteiger partial charge in [0.1, 0.15) is 6.10 Å². The molecule has 2 aliphatic rings. The molecule has 2 rings (SSSR count). The number of rotatable bonds is 0. The SMILES string of the molecule is CC1CC(=O)O1.CC1CC(=O)OC1=O.[C-]#[O+]. The van der Waals surface area contributed by atoms with Crippen molar-refractivity contribution in [1.29, 1.82) is 0 Å². The van der Waals surface area contributed by atoms with Crippen LogP contribution in [-0.2, 0) is 28.5 Å². The predicted molar refractivity (Wildman–Crippen MR) is 49.0 cm³/mol. The quantitative estimate of drug-likeness (QED) is 0.259. The Morgan fingerprint density at radius 1 is 1.12 bits per heavy atom. The summed E-state index contributed by atoms with van der Waals surface area (Å²) in [4.78, 5) is 30.4. The zero-order chi connectivity index (χ0) is 12.7. The summed E-state index contributed by atoms with van der Waals surface area (Å²) in [5.74, 6) is -1.08. The first-order valence-electron chi connectivity index (χ1n) is 4.63. The number of carbonyl (C=O) groups is 3. The van der Waals surface area contributed by atoms with E-state index in [0.717, 1.165) is 0 Å². The van der Waals surface area contributed by atoms with Crippen molar-refractivity contribution >= 4 is 17.9 Å². The molecule has 0 aliphatic carbocycles. The van der Waals surface area contributed by atoms with Crippen LogP contribution in [0.25, 0.3) is 0 Å². The van der Waals surface area contributed by atoms with Crippen LogP contribution >= 0.6 is 0 Å². The molecule has 2 fully saturated rings. The van der Waals surface area contributed by atoms with Gasteiger partial charge in [-0.15, -0.1) is 0 Å². The summed E-state index contributed by atoms with van der Waals surface area (Å²) in [6, 6.07) is 0. The molecule has 0 radical (unpaired) electrons. The van der Waals surface area contributed by atoms with Gasteiger partial charge in [0.05, 0.1) is 18.8 Å². The van der Waals surface area contributed by atoms with Gasteiger partial charge in [0.25, 0.3) is 0 Å². The van der Waals surface area contributed by atoms with Crippen LogP contribution in [0.3, 0.4) is 0 Å². The van der Waals surface area contributed by atoms with Crippen LogP contribution in [-0.4, -0.2) is 24.0 Å². The third-order valence-electron chi connectivity index (χ3n) is 1.88. The van der Waals surface area contributed by atoms with Crippen molar-refractivity contribution in [3.05, 3.63) is 6.65 Å². The molecule has 0 amide bonds. The Morgan fingerprint density at radius 3 is 1.69 bits per heavy atom. The molecule has 16 heavy (non-hydrogen) atoms. The third kappa shape index (κ3) is 4.72. The first kappa shape index (κ1) is 14.3. The Kier molecular flexibility index (Phi) is 6.07. The van der Waals surface area contributed by atoms with Crippen LogP contribution in [0.4, 0.5) is 0 Å². The van der Waals surface area contributed by atoms with E-state index in [1.807, 2.05) is 6.92 Å². The molecular formula is C10H12O6. The second-order valence-corrected chi connectivity index (χ2v) is 3.40. The van der Waals surface area contributed by atoms with E-state index in [1.54, 1.807) is 6.92 Å². The predicted octanol–water partition coefficient (Wildman–Crippen LogP) is 0.380. The number of esters is 3. The topological polar surface area (TPSA) is 89.6 Å². The van der Waals surface area contributed by atoms with Crippen molar-refractivity contribution in [3.63, 3.8) is 0 Å². The van der Waals surface area contributed by atoms with Gasteiger partial charge in [0, 0.05) is 0 Å². The third-order valence-corrected chi connectivity index (χ3v) is 1.88. The molecule has 88 valence electrons. The van der Waals surface area contributed by atoms with Gasteiger partial charge in [0.15, 0.2) is 0 Å². The van der Waals surface area contributed by atoms with Crippen molar-refractivity contribution in [1.82, 2.24) is 0 Å². The molecule has 0 aromatic rings. The molecule has 2 unspecified atom stereocenters. The van der Waals surface area contributed by atoms with E-state index in [1.165, 1.54) is 0 Å². The van der Waals surface area contributed by atoms with E-state index in [0.29, 0.717) is 6.42 Å². The number of cyclic esters (lactones) is 3. The second-order valence-electron chi connectivity index (χ2n) is 3.40. The molecule has 0 N–H and O–H groups in total. The van der Waals surface area contributed by atoms with Crippen molar-refractivity contribution in [2.75, 3.05) is 0 Å².